The maximum atomic E-state index is 12.6. The molecule has 1 atom stereocenters. The lowest BCUT2D eigenvalue weighted by Crippen LogP contribution is -2.25. The molecule has 134 valence electrons. The average Bonchev–Trinajstić information content (AvgIpc) is 3.02. The Bertz CT molecular complexity index is 732. The lowest BCUT2D eigenvalue weighted by Gasteiger charge is -2.13. The van der Waals surface area contributed by atoms with Crippen LogP contribution in [0.25, 0.3) is 5.52 Å². The van der Waals surface area contributed by atoms with Crippen LogP contribution in [-0.2, 0) is 0 Å². The molecule has 2 N–H and O–H groups in total. The molecular formula is C20H28N4O. The van der Waals surface area contributed by atoms with Crippen LogP contribution in [0.1, 0.15) is 55.0 Å². The largest absolute Gasteiger partial charge is 0.350 e. The third kappa shape index (κ3) is 4.79. The van der Waals surface area contributed by atoms with E-state index in [9.17, 15) is 4.79 Å². The van der Waals surface area contributed by atoms with E-state index in [4.69, 9.17) is 0 Å². The van der Waals surface area contributed by atoms with Crippen LogP contribution in [0, 0.1) is 0 Å². The van der Waals surface area contributed by atoms with Crippen LogP contribution in [0.5, 0.6) is 0 Å². The van der Waals surface area contributed by atoms with E-state index in [0.717, 1.165) is 37.0 Å². The van der Waals surface area contributed by atoms with Gasteiger partial charge in [0.2, 0.25) is 0 Å². The standard InChI is InChI=1S/C20H28N4O/c1-4-6-7-8-10-14-22-20(25)18-17-13-9-11-15-24(17)19(23-18)16(21-3)12-5-2/h4,7-9,11,13,15-16,21H,1,5-6,10,12,14H2,2-3H3,(H,22,25)/b8-7+. The van der Waals surface area contributed by atoms with E-state index < -0.39 is 0 Å². The molecule has 1 amide bonds. The van der Waals surface area contributed by atoms with Gasteiger partial charge in [0.05, 0.1) is 11.6 Å². The lowest BCUT2D eigenvalue weighted by atomic mass is 10.1. The maximum absolute atomic E-state index is 12.6. The van der Waals surface area contributed by atoms with Gasteiger partial charge in [0, 0.05) is 12.7 Å². The third-order valence-corrected chi connectivity index (χ3v) is 4.09. The molecule has 2 rings (SSSR count). The molecule has 0 aliphatic rings. The van der Waals surface area contributed by atoms with Crippen molar-refractivity contribution in [1.29, 1.82) is 0 Å². The first-order valence-electron chi connectivity index (χ1n) is 8.91. The topological polar surface area (TPSA) is 58.4 Å². The number of carbonyl (C=O) groups is 1. The summed E-state index contributed by atoms with van der Waals surface area (Å²) in [4.78, 5) is 17.2. The van der Waals surface area contributed by atoms with Gasteiger partial charge in [0.25, 0.3) is 5.91 Å². The van der Waals surface area contributed by atoms with Crippen molar-refractivity contribution < 1.29 is 4.79 Å². The normalized spacial score (nSPS) is 12.6. The van der Waals surface area contributed by atoms with Crippen LogP contribution < -0.4 is 10.6 Å². The highest BCUT2D eigenvalue weighted by Gasteiger charge is 2.21. The van der Waals surface area contributed by atoms with Gasteiger partial charge in [-0.2, -0.15) is 0 Å². The number of nitrogens with zero attached hydrogens (tertiary/aromatic N) is 2. The van der Waals surface area contributed by atoms with Gasteiger partial charge in [-0.3, -0.25) is 4.79 Å². The molecule has 0 aliphatic heterocycles. The molecule has 0 aromatic carbocycles. The summed E-state index contributed by atoms with van der Waals surface area (Å²) in [5.74, 6) is 0.759. The zero-order valence-corrected chi connectivity index (χ0v) is 15.2. The molecule has 0 radical (unpaired) electrons. The molecule has 5 nitrogen and oxygen atoms in total. The second-order valence-electron chi connectivity index (χ2n) is 5.94. The van der Waals surface area contributed by atoms with E-state index >= 15 is 0 Å². The maximum Gasteiger partial charge on any atom is 0.272 e. The molecule has 0 spiro atoms. The number of hydrogen-bond acceptors (Lipinski definition) is 3. The van der Waals surface area contributed by atoms with Crippen LogP contribution >= 0.6 is 0 Å². The van der Waals surface area contributed by atoms with Gasteiger partial charge in [0.15, 0.2) is 5.69 Å². The highest BCUT2D eigenvalue weighted by molar-refractivity contribution is 5.99. The zero-order chi connectivity index (χ0) is 18.1. The number of aromatic nitrogens is 2. The SMILES string of the molecule is C=CC/C=C/CCNC(=O)c1nc(C(CCC)NC)n2ccccc12. The summed E-state index contributed by atoms with van der Waals surface area (Å²) in [7, 11) is 1.93. The van der Waals surface area contributed by atoms with E-state index in [1.807, 2.05) is 48.0 Å². The van der Waals surface area contributed by atoms with Crippen LogP contribution in [0.15, 0.2) is 49.2 Å². The Morgan fingerprint density at radius 3 is 2.96 bits per heavy atom. The molecule has 0 aliphatic carbocycles. The van der Waals surface area contributed by atoms with Gasteiger partial charge in [0.1, 0.15) is 5.82 Å². The molecule has 0 fully saturated rings. The van der Waals surface area contributed by atoms with Crippen molar-refractivity contribution in [3.05, 3.63) is 60.7 Å². The number of pyridine rings is 1. The monoisotopic (exact) mass is 340 g/mol. The third-order valence-electron chi connectivity index (χ3n) is 4.09. The molecule has 0 bridgehead atoms. The predicted molar refractivity (Wildman–Crippen MR) is 103 cm³/mol. The Morgan fingerprint density at radius 1 is 1.40 bits per heavy atom. The van der Waals surface area contributed by atoms with Crippen molar-refractivity contribution in [2.75, 3.05) is 13.6 Å². The smallest absolute Gasteiger partial charge is 0.272 e. The summed E-state index contributed by atoms with van der Waals surface area (Å²) in [5, 5.41) is 6.26. The fourth-order valence-corrected chi connectivity index (χ4v) is 2.83. The number of hydrogen-bond donors (Lipinski definition) is 2. The fourth-order valence-electron chi connectivity index (χ4n) is 2.83. The average molecular weight is 340 g/mol. The fraction of sp³-hybridized carbons (Fsp3) is 0.400. The van der Waals surface area contributed by atoms with Gasteiger partial charge >= 0.3 is 0 Å². The molecular weight excluding hydrogens is 312 g/mol. The Labute approximate surface area is 149 Å². The van der Waals surface area contributed by atoms with Crippen molar-refractivity contribution >= 4 is 11.4 Å². The summed E-state index contributed by atoms with van der Waals surface area (Å²) in [6, 6.07) is 5.96. The number of imidazole rings is 1. The summed E-state index contributed by atoms with van der Waals surface area (Å²) in [6.45, 7) is 6.42. The van der Waals surface area contributed by atoms with Crippen molar-refractivity contribution in [3.63, 3.8) is 0 Å². The first kappa shape index (κ1) is 18.9. The minimum atomic E-state index is -0.126. The Kier molecular flexibility index (Phi) is 7.41. The molecule has 0 saturated carbocycles. The minimum absolute atomic E-state index is 0.126. The molecule has 2 aromatic rings. The second kappa shape index (κ2) is 9.79. The van der Waals surface area contributed by atoms with Gasteiger partial charge < -0.3 is 15.0 Å². The highest BCUT2D eigenvalue weighted by Crippen LogP contribution is 2.21. The van der Waals surface area contributed by atoms with E-state index in [2.05, 4.69) is 35.2 Å². The van der Waals surface area contributed by atoms with Crippen LogP contribution in [0.4, 0.5) is 0 Å². The molecule has 2 heterocycles. The Hall–Kier alpha value is -2.40. The zero-order valence-electron chi connectivity index (χ0n) is 15.2. The first-order valence-corrected chi connectivity index (χ1v) is 8.91. The van der Waals surface area contributed by atoms with Crippen LogP contribution in [0.3, 0.4) is 0 Å². The quantitative estimate of drug-likeness (QED) is 0.513. The molecule has 2 aromatic heterocycles. The van der Waals surface area contributed by atoms with Gasteiger partial charge in [-0.1, -0.05) is 37.6 Å². The molecule has 0 saturated heterocycles. The summed E-state index contributed by atoms with van der Waals surface area (Å²) < 4.78 is 2.01. The van der Waals surface area contributed by atoms with Gasteiger partial charge in [-0.05, 0) is 38.4 Å². The van der Waals surface area contributed by atoms with Crippen LogP contribution in [-0.4, -0.2) is 28.9 Å². The van der Waals surface area contributed by atoms with Crippen molar-refractivity contribution in [3.8, 4) is 0 Å². The van der Waals surface area contributed by atoms with E-state index in [1.165, 1.54) is 0 Å². The molecule has 5 heteroatoms. The predicted octanol–water partition coefficient (Wildman–Crippen LogP) is 3.65. The number of carbonyl (C=O) groups excluding carboxylic acids is 1. The van der Waals surface area contributed by atoms with Crippen LogP contribution in [0.2, 0.25) is 0 Å². The Balaban J connectivity index is 2.17. The number of amides is 1. The number of rotatable bonds is 10. The van der Waals surface area contributed by atoms with E-state index in [1.54, 1.807) is 0 Å². The van der Waals surface area contributed by atoms with Crippen molar-refractivity contribution in [1.82, 2.24) is 20.0 Å². The summed E-state index contributed by atoms with van der Waals surface area (Å²) in [5.41, 5.74) is 1.33. The summed E-state index contributed by atoms with van der Waals surface area (Å²) >= 11 is 0. The first-order chi connectivity index (χ1) is 12.2. The van der Waals surface area contributed by atoms with Gasteiger partial charge in [-0.25, -0.2) is 4.98 Å². The second-order valence-corrected chi connectivity index (χ2v) is 5.94. The van der Waals surface area contributed by atoms with E-state index in [0.29, 0.717) is 12.2 Å². The van der Waals surface area contributed by atoms with E-state index in [-0.39, 0.29) is 11.9 Å². The highest BCUT2D eigenvalue weighted by atomic mass is 16.1. The number of nitrogens with one attached hydrogen (secondary N) is 2. The van der Waals surface area contributed by atoms with Gasteiger partial charge in [-0.15, -0.1) is 6.58 Å². The summed E-state index contributed by atoms with van der Waals surface area (Å²) in [6.07, 6.45) is 11.6. The lowest BCUT2D eigenvalue weighted by molar-refractivity contribution is 0.0951. The molecule has 1 unspecified atom stereocenters. The van der Waals surface area contributed by atoms with Crippen molar-refractivity contribution in [2.24, 2.45) is 0 Å². The number of allylic oxidation sites excluding steroid dienone is 2. The molecule has 25 heavy (non-hydrogen) atoms. The van der Waals surface area contributed by atoms with Crippen molar-refractivity contribution in [2.45, 2.75) is 38.6 Å². The Morgan fingerprint density at radius 2 is 2.24 bits per heavy atom. The number of fused-ring (bicyclic) bond motifs is 1. The minimum Gasteiger partial charge on any atom is -0.350 e.